The fraction of sp³-hybridized carbons (Fsp3) is 0.538. The van der Waals surface area contributed by atoms with Gasteiger partial charge in [-0.15, -0.1) is 0 Å². The molecule has 1 aromatic rings. The maximum absolute atomic E-state index is 11.1. The van der Waals surface area contributed by atoms with Crippen molar-refractivity contribution in [3.8, 4) is 0 Å². The SMILES string of the molecule is NC(=O)c1cccc(C2CCN(CCO)CC2)n1. The number of rotatable bonds is 4. The van der Waals surface area contributed by atoms with Crippen molar-refractivity contribution in [1.82, 2.24) is 9.88 Å². The van der Waals surface area contributed by atoms with Crippen molar-refractivity contribution in [3.05, 3.63) is 29.6 Å². The van der Waals surface area contributed by atoms with Crippen LogP contribution < -0.4 is 5.73 Å². The van der Waals surface area contributed by atoms with Crippen molar-refractivity contribution in [2.45, 2.75) is 18.8 Å². The van der Waals surface area contributed by atoms with E-state index >= 15 is 0 Å². The molecule has 0 saturated carbocycles. The van der Waals surface area contributed by atoms with Crippen LogP contribution in [0.3, 0.4) is 0 Å². The van der Waals surface area contributed by atoms with Gasteiger partial charge in [-0.2, -0.15) is 0 Å². The third-order valence-electron chi connectivity index (χ3n) is 3.45. The molecule has 1 saturated heterocycles. The fourth-order valence-electron chi connectivity index (χ4n) is 2.41. The molecule has 2 heterocycles. The number of amides is 1. The predicted molar refractivity (Wildman–Crippen MR) is 68.3 cm³/mol. The van der Waals surface area contributed by atoms with Gasteiger partial charge >= 0.3 is 0 Å². The summed E-state index contributed by atoms with van der Waals surface area (Å²) in [5.41, 5.74) is 6.53. The zero-order valence-corrected chi connectivity index (χ0v) is 10.4. The van der Waals surface area contributed by atoms with E-state index in [-0.39, 0.29) is 6.61 Å². The van der Waals surface area contributed by atoms with Gasteiger partial charge in [0.05, 0.1) is 6.61 Å². The molecule has 0 unspecified atom stereocenters. The summed E-state index contributed by atoms with van der Waals surface area (Å²) >= 11 is 0. The number of piperidine rings is 1. The van der Waals surface area contributed by atoms with Crippen LogP contribution >= 0.6 is 0 Å². The molecule has 2 rings (SSSR count). The molecule has 5 nitrogen and oxygen atoms in total. The first kappa shape index (κ1) is 13.0. The fourth-order valence-corrected chi connectivity index (χ4v) is 2.41. The van der Waals surface area contributed by atoms with E-state index in [1.165, 1.54) is 0 Å². The highest BCUT2D eigenvalue weighted by atomic mass is 16.3. The maximum Gasteiger partial charge on any atom is 0.267 e. The summed E-state index contributed by atoms with van der Waals surface area (Å²) in [4.78, 5) is 17.7. The van der Waals surface area contributed by atoms with Crippen molar-refractivity contribution in [2.75, 3.05) is 26.2 Å². The number of primary amides is 1. The van der Waals surface area contributed by atoms with Crippen LogP contribution in [0.5, 0.6) is 0 Å². The number of pyridine rings is 1. The number of aromatic nitrogens is 1. The number of carbonyl (C=O) groups is 1. The van der Waals surface area contributed by atoms with Gasteiger partial charge < -0.3 is 15.7 Å². The zero-order chi connectivity index (χ0) is 13.0. The van der Waals surface area contributed by atoms with Gasteiger partial charge in [0, 0.05) is 18.2 Å². The minimum atomic E-state index is -0.477. The summed E-state index contributed by atoms with van der Waals surface area (Å²) in [5, 5.41) is 8.89. The quantitative estimate of drug-likeness (QED) is 0.807. The zero-order valence-electron chi connectivity index (χ0n) is 10.4. The maximum atomic E-state index is 11.1. The monoisotopic (exact) mass is 249 g/mol. The Balaban J connectivity index is 2.01. The van der Waals surface area contributed by atoms with Gasteiger partial charge in [0.25, 0.3) is 5.91 Å². The lowest BCUT2D eigenvalue weighted by molar-refractivity contribution is 0.0995. The van der Waals surface area contributed by atoms with Gasteiger partial charge in [0.1, 0.15) is 5.69 Å². The number of aliphatic hydroxyl groups is 1. The molecular weight excluding hydrogens is 230 g/mol. The first-order valence-corrected chi connectivity index (χ1v) is 6.30. The molecule has 0 aromatic carbocycles. The van der Waals surface area contributed by atoms with Crippen molar-refractivity contribution < 1.29 is 9.90 Å². The number of β-amino-alcohol motifs (C(OH)–C–C–N with tert-alkyl or cyclic N) is 1. The van der Waals surface area contributed by atoms with Gasteiger partial charge in [-0.25, -0.2) is 4.98 Å². The standard InChI is InChI=1S/C13H19N3O2/c14-13(18)12-3-1-2-11(15-12)10-4-6-16(7-5-10)8-9-17/h1-3,10,17H,4-9H2,(H2,14,18). The molecule has 0 radical (unpaired) electrons. The highest BCUT2D eigenvalue weighted by Gasteiger charge is 2.21. The molecule has 1 aliphatic heterocycles. The van der Waals surface area contributed by atoms with Crippen LogP contribution in [0, 0.1) is 0 Å². The molecule has 0 aliphatic carbocycles. The summed E-state index contributed by atoms with van der Waals surface area (Å²) in [6.07, 6.45) is 2.02. The second-order valence-corrected chi connectivity index (χ2v) is 4.65. The van der Waals surface area contributed by atoms with E-state index in [1.54, 1.807) is 6.07 Å². The second-order valence-electron chi connectivity index (χ2n) is 4.65. The molecule has 0 bridgehead atoms. The Labute approximate surface area is 107 Å². The summed E-state index contributed by atoms with van der Waals surface area (Å²) in [6.45, 7) is 2.88. The van der Waals surface area contributed by atoms with Crippen molar-refractivity contribution in [3.63, 3.8) is 0 Å². The minimum absolute atomic E-state index is 0.208. The van der Waals surface area contributed by atoms with Crippen LogP contribution in [0.4, 0.5) is 0 Å². The van der Waals surface area contributed by atoms with E-state index in [1.807, 2.05) is 12.1 Å². The van der Waals surface area contributed by atoms with Crippen LogP contribution in [0.1, 0.15) is 34.9 Å². The molecule has 0 spiro atoms. The molecule has 5 heteroatoms. The topological polar surface area (TPSA) is 79.5 Å². The largest absolute Gasteiger partial charge is 0.395 e. The first-order chi connectivity index (χ1) is 8.70. The van der Waals surface area contributed by atoms with E-state index < -0.39 is 5.91 Å². The van der Waals surface area contributed by atoms with E-state index in [0.29, 0.717) is 11.6 Å². The van der Waals surface area contributed by atoms with Gasteiger partial charge in [-0.3, -0.25) is 4.79 Å². The van der Waals surface area contributed by atoms with Crippen molar-refractivity contribution in [2.24, 2.45) is 5.73 Å². The van der Waals surface area contributed by atoms with Gasteiger partial charge in [-0.05, 0) is 38.1 Å². The summed E-state index contributed by atoms with van der Waals surface area (Å²) in [6, 6.07) is 5.44. The number of carbonyl (C=O) groups excluding carboxylic acids is 1. The first-order valence-electron chi connectivity index (χ1n) is 6.30. The summed E-state index contributed by atoms with van der Waals surface area (Å²) in [7, 11) is 0. The van der Waals surface area contributed by atoms with E-state index in [4.69, 9.17) is 10.8 Å². The molecule has 3 N–H and O–H groups in total. The van der Waals surface area contributed by atoms with E-state index in [9.17, 15) is 4.79 Å². The molecule has 1 aliphatic rings. The van der Waals surface area contributed by atoms with Gasteiger partial charge in [-0.1, -0.05) is 6.07 Å². The lowest BCUT2D eigenvalue weighted by atomic mass is 9.93. The third kappa shape index (κ3) is 3.05. The van der Waals surface area contributed by atoms with E-state index in [0.717, 1.165) is 38.2 Å². The molecule has 98 valence electrons. The molecule has 0 atom stereocenters. The lowest BCUT2D eigenvalue weighted by Gasteiger charge is -2.31. The Kier molecular flexibility index (Phi) is 4.28. The number of likely N-dealkylation sites (tertiary alicyclic amines) is 1. The highest BCUT2D eigenvalue weighted by molar-refractivity contribution is 5.90. The third-order valence-corrected chi connectivity index (χ3v) is 3.45. The lowest BCUT2D eigenvalue weighted by Crippen LogP contribution is -2.35. The minimum Gasteiger partial charge on any atom is -0.395 e. The van der Waals surface area contributed by atoms with Gasteiger partial charge in [0.2, 0.25) is 0 Å². The Hall–Kier alpha value is -1.46. The number of aliphatic hydroxyl groups excluding tert-OH is 1. The Morgan fingerprint density at radius 3 is 2.78 bits per heavy atom. The number of hydrogen-bond donors (Lipinski definition) is 2. The number of nitrogens with two attached hydrogens (primary N) is 1. The van der Waals surface area contributed by atoms with Crippen molar-refractivity contribution in [1.29, 1.82) is 0 Å². The van der Waals surface area contributed by atoms with Crippen LogP contribution in [-0.2, 0) is 0 Å². The highest BCUT2D eigenvalue weighted by Crippen LogP contribution is 2.26. The van der Waals surface area contributed by atoms with Crippen molar-refractivity contribution >= 4 is 5.91 Å². The second kappa shape index (κ2) is 5.93. The molecular formula is C13H19N3O2. The van der Waals surface area contributed by atoms with Crippen LogP contribution in [0.25, 0.3) is 0 Å². The average Bonchev–Trinajstić information content (AvgIpc) is 2.40. The van der Waals surface area contributed by atoms with Gasteiger partial charge in [0.15, 0.2) is 0 Å². The molecule has 1 fully saturated rings. The van der Waals surface area contributed by atoms with Crippen LogP contribution in [0.2, 0.25) is 0 Å². The Bertz CT molecular complexity index is 414. The molecule has 18 heavy (non-hydrogen) atoms. The molecule has 1 amide bonds. The Morgan fingerprint density at radius 1 is 1.44 bits per heavy atom. The Morgan fingerprint density at radius 2 is 2.17 bits per heavy atom. The molecule has 1 aromatic heterocycles. The summed E-state index contributed by atoms with van der Waals surface area (Å²) in [5.74, 6) is -0.0891. The normalized spacial score (nSPS) is 17.8. The average molecular weight is 249 g/mol. The van der Waals surface area contributed by atoms with E-state index in [2.05, 4.69) is 9.88 Å². The smallest absolute Gasteiger partial charge is 0.267 e. The number of nitrogens with zero attached hydrogens (tertiary/aromatic N) is 2. The summed E-state index contributed by atoms with van der Waals surface area (Å²) < 4.78 is 0. The van der Waals surface area contributed by atoms with Crippen LogP contribution in [-0.4, -0.2) is 47.1 Å². The predicted octanol–water partition coefficient (Wildman–Crippen LogP) is 0.352. The number of hydrogen-bond acceptors (Lipinski definition) is 4. The van der Waals surface area contributed by atoms with Crippen LogP contribution in [0.15, 0.2) is 18.2 Å².